The summed E-state index contributed by atoms with van der Waals surface area (Å²) in [5.74, 6) is 0.928. The molecule has 0 bridgehead atoms. The van der Waals surface area contributed by atoms with Gasteiger partial charge in [-0.25, -0.2) is 0 Å². The van der Waals surface area contributed by atoms with E-state index in [1.807, 2.05) is 12.1 Å². The minimum atomic E-state index is 0.407. The molecule has 118 valence electrons. The summed E-state index contributed by atoms with van der Waals surface area (Å²) < 4.78 is 11.7. The third-order valence-corrected chi connectivity index (χ3v) is 3.85. The first-order valence-electron chi connectivity index (χ1n) is 8.00. The second-order valence-electron chi connectivity index (χ2n) is 5.65. The summed E-state index contributed by atoms with van der Waals surface area (Å²) in [5.41, 5.74) is 1.26. The second kappa shape index (κ2) is 9.03. The Balaban J connectivity index is 1.64. The summed E-state index contributed by atoms with van der Waals surface area (Å²) in [4.78, 5) is 2.35. The van der Waals surface area contributed by atoms with Crippen LogP contribution in [0.25, 0.3) is 0 Å². The maximum atomic E-state index is 5.88. The number of likely N-dealkylation sites (tertiary alicyclic amines) is 1. The monoisotopic (exact) mass is 292 g/mol. The van der Waals surface area contributed by atoms with E-state index in [4.69, 9.17) is 9.47 Å². The molecule has 2 rings (SSSR count). The zero-order valence-electron chi connectivity index (χ0n) is 13.3. The highest BCUT2D eigenvalue weighted by Crippen LogP contribution is 2.14. The van der Waals surface area contributed by atoms with Crippen molar-refractivity contribution in [2.75, 3.05) is 39.9 Å². The Morgan fingerprint density at radius 2 is 2.05 bits per heavy atom. The smallest absolute Gasteiger partial charge is 0.119 e. The van der Waals surface area contributed by atoms with Gasteiger partial charge in [-0.15, -0.1) is 0 Å². The Morgan fingerprint density at radius 1 is 1.24 bits per heavy atom. The Kier molecular flexibility index (Phi) is 7.00. The van der Waals surface area contributed by atoms with E-state index >= 15 is 0 Å². The van der Waals surface area contributed by atoms with Gasteiger partial charge in [0.2, 0.25) is 0 Å². The number of nitrogens with one attached hydrogen (secondary N) is 1. The van der Waals surface area contributed by atoms with Crippen LogP contribution in [0.3, 0.4) is 0 Å². The van der Waals surface area contributed by atoms with Crippen LogP contribution >= 0.6 is 0 Å². The molecule has 21 heavy (non-hydrogen) atoms. The molecule has 0 atom stereocenters. The molecular weight excluding hydrogens is 264 g/mol. The molecule has 0 unspecified atom stereocenters. The summed E-state index contributed by atoms with van der Waals surface area (Å²) >= 11 is 0. The third kappa shape index (κ3) is 6.04. The molecule has 0 radical (unpaired) electrons. The normalized spacial score (nSPS) is 17.0. The van der Waals surface area contributed by atoms with Gasteiger partial charge in [-0.2, -0.15) is 0 Å². The molecule has 1 heterocycles. The molecule has 4 nitrogen and oxygen atoms in total. The van der Waals surface area contributed by atoms with Gasteiger partial charge in [0.1, 0.15) is 12.4 Å². The van der Waals surface area contributed by atoms with Crippen molar-refractivity contribution in [2.45, 2.75) is 32.4 Å². The number of nitrogens with zero attached hydrogens (tertiary/aromatic N) is 1. The van der Waals surface area contributed by atoms with Gasteiger partial charge in [0, 0.05) is 19.6 Å². The van der Waals surface area contributed by atoms with E-state index in [0.29, 0.717) is 19.3 Å². The fourth-order valence-electron chi connectivity index (χ4n) is 2.54. The Hall–Kier alpha value is -1.10. The average Bonchev–Trinajstić information content (AvgIpc) is 2.52. The van der Waals surface area contributed by atoms with Gasteiger partial charge in [0.15, 0.2) is 0 Å². The standard InChI is InChI=1S/C17H28N2O2/c1-3-18-14-15-5-4-6-17(13-15)21-12-11-20-16-7-9-19(2)10-8-16/h4-6,13,16,18H,3,7-12,14H2,1-2H3. The molecule has 0 saturated carbocycles. The number of hydrogen-bond donors (Lipinski definition) is 1. The molecule has 1 fully saturated rings. The van der Waals surface area contributed by atoms with Gasteiger partial charge >= 0.3 is 0 Å². The Bertz CT molecular complexity index is 404. The Morgan fingerprint density at radius 3 is 2.81 bits per heavy atom. The molecule has 1 aliphatic heterocycles. The fourth-order valence-corrected chi connectivity index (χ4v) is 2.54. The van der Waals surface area contributed by atoms with Crippen LogP contribution in [0.1, 0.15) is 25.3 Å². The lowest BCUT2D eigenvalue weighted by Gasteiger charge is -2.28. The van der Waals surface area contributed by atoms with E-state index in [9.17, 15) is 0 Å². The molecule has 4 heteroatoms. The van der Waals surface area contributed by atoms with Crippen LogP contribution in [0, 0.1) is 0 Å². The summed E-state index contributed by atoms with van der Waals surface area (Å²) in [6.45, 7) is 7.55. The second-order valence-corrected chi connectivity index (χ2v) is 5.65. The van der Waals surface area contributed by atoms with Gasteiger partial charge < -0.3 is 19.7 Å². The summed E-state index contributed by atoms with van der Waals surface area (Å²) in [6.07, 6.45) is 2.67. The number of piperidine rings is 1. The lowest BCUT2D eigenvalue weighted by Crippen LogP contribution is -2.34. The molecule has 0 amide bonds. The lowest BCUT2D eigenvalue weighted by atomic mass is 10.1. The summed E-state index contributed by atoms with van der Waals surface area (Å²) in [7, 11) is 2.17. The highest BCUT2D eigenvalue weighted by molar-refractivity contribution is 5.28. The van der Waals surface area contributed by atoms with Crippen LogP contribution in [0.2, 0.25) is 0 Å². The van der Waals surface area contributed by atoms with Crippen molar-refractivity contribution in [1.29, 1.82) is 0 Å². The van der Waals surface area contributed by atoms with Crippen molar-refractivity contribution in [1.82, 2.24) is 10.2 Å². The van der Waals surface area contributed by atoms with Crippen LogP contribution in [0.5, 0.6) is 5.75 Å². The van der Waals surface area contributed by atoms with Gasteiger partial charge in [-0.3, -0.25) is 0 Å². The fraction of sp³-hybridized carbons (Fsp3) is 0.647. The van der Waals surface area contributed by atoms with Crippen LogP contribution in [0.4, 0.5) is 0 Å². The number of rotatable bonds is 8. The minimum Gasteiger partial charge on any atom is -0.491 e. The largest absolute Gasteiger partial charge is 0.491 e. The van der Waals surface area contributed by atoms with Crippen molar-refractivity contribution in [3.63, 3.8) is 0 Å². The van der Waals surface area contributed by atoms with Crippen LogP contribution in [-0.2, 0) is 11.3 Å². The molecule has 0 aliphatic carbocycles. The molecule has 0 spiro atoms. The topological polar surface area (TPSA) is 33.7 Å². The van der Waals surface area contributed by atoms with Crippen molar-refractivity contribution >= 4 is 0 Å². The minimum absolute atomic E-state index is 0.407. The SMILES string of the molecule is CCNCc1cccc(OCCOC2CCN(C)CC2)c1. The molecular formula is C17H28N2O2. The first-order valence-corrected chi connectivity index (χ1v) is 8.00. The van der Waals surface area contributed by atoms with E-state index < -0.39 is 0 Å². The first-order chi connectivity index (χ1) is 10.3. The number of benzene rings is 1. The summed E-state index contributed by atoms with van der Waals surface area (Å²) in [5, 5.41) is 3.32. The number of hydrogen-bond acceptors (Lipinski definition) is 4. The highest BCUT2D eigenvalue weighted by Gasteiger charge is 2.16. The zero-order chi connectivity index (χ0) is 14.9. The highest BCUT2D eigenvalue weighted by atomic mass is 16.5. The number of ether oxygens (including phenoxy) is 2. The van der Waals surface area contributed by atoms with E-state index in [2.05, 4.69) is 36.3 Å². The van der Waals surface area contributed by atoms with E-state index in [1.165, 1.54) is 5.56 Å². The predicted octanol–water partition coefficient (Wildman–Crippen LogP) is 2.29. The zero-order valence-corrected chi connectivity index (χ0v) is 13.3. The maximum Gasteiger partial charge on any atom is 0.119 e. The van der Waals surface area contributed by atoms with Gasteiger partial charge in [0.25, 0.3) is 0 Å². The quantitative estimate of drug-likeness (QED) is 0.745. The molecule has 1 aliphatic rings. The average molecular weight is 292 g/mol. The van der Waals surface area contributed by atoms with Crippen molar-refractivity contribution in [3.05, 3.63) is 29.8 Å². The van der Waals surface area contributed by atoms with Gasteiger partial charge in [-0.1, -0.05) is 19.1 Å². The maximum absolute atomic E-state index is 5.88. The molecule has 1 N–H and O–H groups in total. The molecule has 1 aromatic carbocycles. The van der Waals surface area contributed by atoms with E-state index in [-0.39, 0.29) is 0 Å². The first kappa shape index (κ1) is 16.3. The van der Waals surface area contributed by atoms with E-state index in [1.54, 1.807) is 0 Å². The predicted molar refractivity (Wildman–Crippen MR) is 85.8 cm³/mol. The molecule has 1 saturated heterocycles. The van der Waals surface area contributed by atoms with Crippen LogP contribution in [-0.4, -0.2) is 50.9 Å². The third-order valence-electron chi connectivity index (χ3n) is 3.85. The van der Waals surface area contributed by atoms with Crippen molar-refractivity contribution < 1.29 is 9.47 Å². The van der Waals surface area contributed by atoms with Crippen molar-refractivity contribution in [2.24, 2.45) is 0 Å². The van der Waals surface area contributed by atoms with Gasteiger partial charge in [-0.05, 0) is 44.1 Å². The lowest BCUT2D eigenvalue weighted by molar-refractivity contribution is -0.000261. The van der Waals surface area contributed by atoms with E-state index in [0.717, 1.165) is 44.8 Å². The van der Waals surface area contributed by atoms with Crippen molar-refractivity contribution in [3.8, 4) is 5.75 Å². The summed E-state index contributed by atoms with van der Waals surface area (Å²) in [6, 6.07) is 8.26. The van der Waals surface area contributed by atoms with Crippen LogP contribution in [0.15, 0.2) is 24.3 Å². The molecule has 1 aromatic rings. The molecule has 0 aromatic heterocycles. The van der Waals surface area contributed by atoms with Gasteiger partial charge in [0.05, 0.1) is 12.7 Å². The Labute approximate surface area is 128 Å². The van der Waals surface area contributed by atoms with Crippen LogP contribution < -0.4 is 10.1 Å².